The van der Waals surface area contributed by atoms with Crippen LogP contribution in [0, 0.1) is 6.92 Å². The zero-order chi connectivity index (χ0) is 24.7. The Balaban J connectivity index is 1.83. The first-order chi connectivity index (χ1) is 16.9. The Hall–Kier alpha value is -3.82. The van der Waals surface area contributed by atoms with Gasteiger partial charge in [-0.15, -0.1) is 16.4 Å². The van der Waals surface area contributed by atoms with Crippen molar-refractivity contribution in [1.29, 1.82) is 0 Å². The fraction of sp³-hybridized carbons (Fsp3) is 0.160. The third-order valence-corrected chi connectivity index (χ3v) is 6.86. The number of fused-ring (bicyclic) bond motifs is 3. The Morgan fingerprint density at radius 3 is 2.49 bits per heavy atom. The molecule has 0 aliphatic heterocycles. The first kappa shape index (κ1) is 22.9. The minimum absolute atomic E-state index is 0.215. The number of esters is 1. The van der Waals surface area contributed by atoms with E-state index in [2.05, 4.69) is 15.3 Å². The van der Waals surface area contributed by atoms with Crippen LogP contribution in [0.4, 0.5) is 0 Å². The van der Waals surface area contributed by atoms with Gasteiger partial charge in [-0.3, -0.25) is 4.79 Å². The molecular weight excluding hydrogens is 488 g/mol. The second-order valence-corrected chi connectivity index (χ2v) is 9.07. The zero-order valence-corrected chi connectivity index (χ0v) is 20.6. The molecule has 0 unspecified atom stereocenters. The molecular formula is C25H19ClN4O4S. The van der Waals surface area contributed by atoms with Gasteiger partial charge in [0.15, 0.2) is 0 Å². The molecule has 35 heavy (non-hydrogen) atoms. The summed E-state index contributed by atoms with van der Waals surface area (Å²) >= 11 is 7.33. The normalized spacial score (nSPS) is 11.2. The Morgan fingerprint density at radius 1 is 1.11 bits per heavy atom. The minimum atomic E-state index is -0.497. The number of ether oxygens (including phenoxy) is 2. The summed E-state index contributed by atoms with van der Waals surface area (Å²) in [5.41, 5.74) is 2.73. The Morgan fingerprint density at radius 2 is 1.83 bits per heavy atom. The van der Waals surface area contributed by atoms with Gasteiger partial charge in [-0.25, -0.2) is 9.78 Å². The highest BCUT2D eigenvalue weighted by Crippen LogP contribution is 2.40. The monoisotopic (exact) mass is 506 g/mol. The largest absolute Gasteiger partial charge is 0.497 e. The van der Waals surface area contributed by atoms with E-state index < -0.39 is 5.97 Å². The van der Waals surface area contributed by atoms with E-state index in [-0.39, 0.29) is 12.2 Å². The predicted octanol–water partition coefficient (Wildman–Crippen LogP) is 5.20. The number of hydrogen-bond acceptors (Lipinski definition) is 8. The standard InChI is InChI=1S/C25H19ClN4O4S/c1-4-34-25(32)18-13(2)27-23-20(19(18)14-5-7-15(26)8-6-14)21-22(35-23)24(31)30(29-28-21)16-9-11-17(33-3)12-10-16/h5-12H,4H2,1-3H3. The molecule has 0 amide bonds. The molecule has 0 N–H and O–H groups in total. The van der Waals surface area contributed by atoms with E-state index in [1.165, 1.54) is 16.0 Å². The van der Waals surface area contributed by atoms with E-state index in [0.29, 0.717) is 53.7 Å². The molecule has 5 aromatic rings. The molecule has 0 saturated carbocycles. The number of aryl methyl sites for hydroxylation is 1. The predicted molar refractivity (Wildman–Crippen MR) is 136 cm³/mol. The van der Waals surface area contributed by atoms with Crippen molar-refractivity contribution >= 4 is 49.3 Å². The number of pyridine rings is 1. The van der Waals surface area contributed by atoms with Crippen molar-refractivity contribution in [3.05, 3.63) is 75.2 Å². The lowest BCUT2D eigenvalue weighted by Gasteiger charge is -2.13. The molecule has 8 nitrogen and oxygen atoms in total. The van der Waals surface area contributed by atoms with Gasteiger partial charge in [-0.2, -0.15) is 4.68 Å². The lowest BCUT2D eigenvalue weighted by atomic mass is 9.96. The summed E-state index contributed by atoms with van der Waals surface area (Å²) in [6.07, 6.45) is 0. The van der Waals surface area contributed by atoms with Gasteiger partial charge >= 0.3 is 5.97 Å². The van der Waals surface area contributed by atoms with Gasteiger partial charge in [0.1, 0.15) is 20.8 Å². The number of aromatic nitrogens is 4. The summed E-state index contributed by atoms with van der Waals surface area (Å²) in [7, 11) is 1.57. The van der Waals surface area contributed by atoms with Gasteiger partial charge in [0.05, 0.1) is 30.7 Å². The van der Waals surface area contributed by atoms with Crippen LogP contribution in [0.2, 0.25) is 5.02 Å². The van der Waals surface area contributed by atoms with Gasteiger partial charge < -0.3 is 9.47 Å². The molecule has 0 spiro atoms. The molecule has 0 fully saturated rings. The number of rotatable bonds is 5. The van der Waals surface area contributed by atoms with Crippen LogP contribution in [0.5, 0.6) is 5.75 Å². The summed E-state index contributed by atoms with van der Waals surface area (Å²) in [6.45, 7) is 3.71. The van der Waals surface area contributed by atoms with Crippen LogP contribution in [-0.2, 0) is 4.74 Å². The van der Waals surface area contributed by atoms with Gasteiger partial charge in [0.2, 0.25) is 0 Å². The summed E-state index contributed by atoms with van der Waals surface area (Å²) < 4.78 is 12.1. The fourth-order valence-electron chi connectivity index (χ4n) is 3.95. The molecule has 3 heterocycles. The third-order valence-electron chi connectivity index (χ3n) is 5.55. The second-order valence-electron chi connectivity index (χ2n) is 7.64. The molecule has 176 valence electrons. The van der Waals surface area contributed by atoms with Crippen molar-refractivity contribution in [2.24, 2.45) is 0 Å². The number of benzene rings is 2. The van der Waals surface area contributed by atoms with E-state index in [1.807, 2.05) is 12.1 Å². The van der Waals surface area contributed by atoms with Gasteiger partial charge in [0, 0.05) is 16.0 Å². The van der Waals surface area contributed by atoms with Crippen molar-refractivity contribution in [2.45, 2.75) is 13.8 Å². The molecule has 0 atom stereocenters. The molecule has 3 aromatic heterocycles. The maximum absolute atomic E-state index is 13.5. The zero-order valence-electron chi connectivity index (χ0n) is 19.0. The fourth-order valence-corrected chi connectivity index (χ4v) is 5.16. The third kappa shape index (κ3) is 3.92. The molecule has 2 aromatic carbocycles. The maximum atomic E-state index is 13.5. The van der Waals surface area contributed by atoms with Crippen LogP contribution in [0.15, 0.2) is 53.3 Å². The number of carbonyl (C=O) groups excluding carboxylic acids is 1. The number of halogens is 1. The lowest BCUT2D eigenvalue weighted by molar-refractivity contribution is 0.0526. The molecule has 10 heteroatoms. The van der Waals surface area contributed by atoms with Crippen molar-refractivity contribution in [3.63, 3.8) is 0 Å². The highest BCUT2D eigenvalue weighted by atomic mass is 35.5. The number of carbonyl (C=O) groups is 1. The minimum Gasteiger partial charge on any atom is -0.497 e. The highest BCUT2D eigenvalue weighted by molar-refractivity contribution is 7.25. The van der Waals surface area contributed by atoms with E-state index >= 15 is 0 Å². The van der Waals surface area contributed by atoms with Gasteiger partial charge in [0.25, 0.3) is 5.56 Å². The van der Waals surface area contributed by atoms with Crippen LogP contribution in [0.3, 0.4) is 0 Å². The highest BCUT2D eigenvalue weighted by Gasteiger charge is 2.26. The summed E-state index contributed by atoms with van der Waals surface area (Å²) in [6, 6.07) is 14.1. The van der Waals surface area contributed by atoms with E-state index in [0.717, 1.165) is 5.56 Å². The average Bonchev–Trinajstić information content (AvgIpc) is 3.23. The van der Waals surface area contributed by atoms with Gasteiger partial charge in [-0.05, 0) is 55.8 Å². The van der Waals surface area contributed by atoms with E-state index in [4.69, 9.17) is 21.1 Å². The number of thiophene rings is 1. The smallest absolute Gasteiger partial charge is 0.340 e. The van der Waals surface area contributed by atoms with Crippen molar-refractivity contribution in [1.82, 2.24) is 20.0 Å². The Bertz CT molecular complexity index is 1640. The number of nitrogens with zero attached hydrogens (tertiary/aromatic N) is 4. The molecule has 5 rings (SSSR count). The van der Waals surface area contributed by atoms with Crippen molar-refractivity contribution in [3.8, 4) is 22.6 Å². The molecule has 0 aliphatic carbocycles. The average molecular weight is 507 g/mol. The Labute approximate surface area is 208 Å². The van der Waals surface area contributed by atoms with Crippen LogP contribution < -0.4 is 10.3 Å². The first-order valence-electron chi connectivity index (χ1n) is 10.7. The van der Waals surface area contributed by atoms with Crippen LogP contribution >= 0.6 is 22.9 Å². The van der Waals surface area contributed by atoms with E-state index in [1.54, 1.807) is 57.4 Å². The van der Waals surface area contributed by atoms with Crippen molar-refractivity contribution in [2.75, 3.05) is 13.7 Å². The number of hydrogen-bond donors (Lipinski definition) is 0. The molecule has 0 radical (unpaired) electrons. The lowest BCUT2D eigenvalue weighted by Crippen LogP contribution is -2.21. The molecule has 0 saturated heterocycles. The summed E-state index contributed by atoms with van der Waals surface area (Å²) in [5, 5.41) is 9.73. The van der Waals surface area contributed by atoms with Crippen molar-refractivity contribution < 1.29 is 14.3 Å². The SMILES string of the molecule is CCOC(=O)c1c(C)nc2sc3c(=O)n(-c4ccc(OC)cc4)nnc3c2c1-c1ccc(Cl)cc1. The molecule has 0 aliphatic rings. The second kappa shape index (κ2) is 9.09. The number of methoxy groups -OCH3 is 1. The van der Waals surface area contributed by atoms with Crippen LogP contribution in [0.1, 0.15) is 23.0 Å². The quantitative estimate of drug-likeness (QED) is 0.302. The van der Waals surface area contributed by atoms with Gasteiger partial charge in [-0.1, -0.05) is 28.9 Å². The first-order valence-corrected chi connectivity index (χ1v) is 11.9. The summed E-state index contributed by atoms with van der Waals surface area (Å²) in [4.78, 5) is 31.7. The maximum Gasteiger partial charge on any atom is 0.340 e. The summed E-state index contributed by atoms with van der Waals surface area (Å²) in [5.74, 6) is 0.166. The topological polar surface area (TPSA) is 96.2 Å². The Kier molecular flexibility index (Phi) is 5.96. The van der Waals surface area contributed by atoms with Crippen LogP contribution in [-0.4, -0.2) is 39.7 Å². The van der Waals surface area contributed by atoms with E-state index in [9.17, 15) is 9.59 Å². The van der Waals surface area contributed by atoms with Crippen LogP contribution in [0.25, 0.3) is 37.2 Å². The molecule has 0 bridgehead atoms.